The van der Waals surface area contributed by atoms with E-state index in [9.17, 15) is 12.8 Å². The van der Waals surface area contributed by atoms with Crippen molar-refractivity contribution in [2.45, 2.75) is 24.8 Å². The number of nitrogens with zero attached hydrogens (tertiary/aromatic N) is 1. The first-order valence-electron chi connectivity index (χ1n) is 8.48. The van der Waals surface area contributed by atoms with Crippen LogP contribution in [0.1, 0.15) is 22.7 Å². The molecule has 1 fully saturated rings. The van der Waals surface area contributed by atoms with E-state index >= 15 is 0 Å². The van der Waals surface area contributed by atoms with Crippen molar-refractivity contribution in [1.29, 1.82) is 0 Å². The van der Waals surface area contributed by atoms with Crippen molar-refractivity contribution in [3.05, 3.63) is 58.9 Å². The molecule has 0 aromatic heterocycles. The van der Waals surface area contributed by atoms with Crippen LogP contribution < -0.4 is 10.1 Å². The highest BCUT2D eigenvalue weighted by Gasteiger charge is 2.36. The largest absolute Gasteiger partial charge is 0.495 e. The number of hydrogen-bond acceptors (Lipinski definition) is 4. The molecule has 1 aliphatic heterocycles. The SMILES string of the molecule is COc1c(C)cc(C)cc1S(=O)(=O)N1CCNCC1c1cccc(F)c1. The molecular formula is C19H23FN2O3S. The Kier molecular flexibility index (Phi) is 5.32. The van der Waals surface area contributed by atoms with Crippen molar-refractivity contribution in [3.63, 3.8) is 0 Å². The fraction of sp³-hybridized carbons (Fsp3) is 0.368. The molecule has 1 N–H and O–H groups in total. The number of aryl methyl sites for hydroxylation is 2. The van der Waals surface area contributed by atoms with E-state index in [2.05, 4.69) is 5.32 Å². The minimum atomic E-state index is -3.81. The molecule has 7 heteroatoms. The van der Waals surface area contributed by atoms with Gasteiger partial charge < -0.3 is 10.1 Å². The second-order valence-corrected chi connectivity index (χ2v) is 8.36. The number of sulfonamides is 1. The third kappa shape index (κ3) is 3.47. The number of halogens is 1. The summed E-state index contributed by atoms with van der Waals surface area (Å²) in [5.74, 6) is -0.0264. The summed E-state index contributed by atoms with van der Waals surface area (Å²) >= 11 is 0. The van der Waals surface area contributed by atoms with Crippen LogP contribution in [0.25, 0.3) is 0 Å². The second-order valence-electron chi connectivity index (χ2n) is 6.50. The number of hydrogen-bond donors (Lipinski definition) is 1. The average Bonchev–Trinajstić information content (AvgIpc) is 2.61. The topological polar surface area (TPSA) is 58.6 Å². The molecule has 0 saturated carbocycles. The van der Waals surface area contributed by atoms with Gasteiger partial charge in [0.15, 0.2) is 0 Å². The van der Waals surface area contributed by atoms with E-state index in [1.165, 1.54) is 23.5 Å². The molecule has 2 aromatic rings. The summed E-state index contributed by atoms with van der Waals surface area (Å²) in [6.07, 6.45) is 0. The molecule has 0 aliphatic carbocycles. The van der Waals surface area contributed by atoms with Crippen LogP contribution in [0.2, 0.25) is 0 Å². The molecule has 0 amide bonds. The molecule has 1 heterocycles. The molecular weight excluding hydrogens is 355 g/mol. The van der Waals surface area contributed by atoms with Crippen molar-refractivity contribution in [1.82, 2.24) is 9.62 Å². The van der Waals surface area contributed by atoms with Crippen LogP contribution in [0.5, 0.6) is 5.75 Å². The van der Waals surface area contributed by atoms with Crippen molar-refractivity contribution in [2.75, 3.05) is 26.7 Å². The van der Waals surface area contributed by atoms with Crippen molar-refractivity contribution in [2.24, 2.45) is 0 Å². The Labute approximate surface area is 153 Å². The van der Waals surface area contributed by atoms with E-state index in [1.807, 2.05) is 19.9 Å². The minimum absolute atomic E-state index is 0.154. The molecule has 26 heavy (non-hydrogen) atoms. The Bertz CT molecular complexity index is 915. The zero-order valence-corrected chi connectivity index (χ0v) is 15.9. The van der Waals surface area contributed by atoms with E-state index in [-0.39, 0.29) is 10.7 Å². The van der Waals surface area contributed by atoms with Crippen molar-refractivity contribution < 1.29 is 17.5 Å². The van der Waals surface area contributed by atoms with E-state index < -0.39 is 16.1 Å². The van der Waals surface area contributed by atoms with Gasteiger partial charge in [-0.05, 0) is 48.7 Å². The van der Waals surface area contributed by atoms with E-state index in [0.717, 1.165) is 11.1 Å². The highest BCUT2D eigenvalue weighted by Crippen LogP contribution is 2.35. The monoisotopic (exact) mass is 378 g/mol. The lowest BCUT2D eigenvalue weighted by Gasteiger charge is -2.36. The fourth-order valence-electron chi connectivity index (χ4n) is 3.47. The normalized spacial score (nSPS) is 18.7. The van der Waals surface area contributed by atoms with Crippen molar-refractivity contribution in [3.8, 4) is 5.75 Å². The lowest BCUT2D eigenvalue weighted by molar-refractivity contribution is 0.269. The molecule has 0 radical (unpaired) electrons. The van der Waals surface area contributed by atoms with Gasteiger partial charge in [0.05, 0.1) is 13.2 Å². The molecule has 140 valence electrons. The van der Waals surface area contributed by atoms with Gasteiger partial charge in [-0.3, -0.25) is 0 Å². The Morgan fingerprint density at radius 3 is 2.69 bits per heavy atom. The van der Waals surface area contributed by atoms with Gasteiger partial charge in [-0.2, -0.15) is 4.31 Å². The summed E-state index contributed by atoms with van der Waals surface area (Å²) < 4.78 is 47.4. The van der Waals surface area contributed by atoms with Gasteiger partial charge in [0.1, 0.15) is 16.5 Å². The molecule has 1 saturated heterocycles. The quantitative estimate of drug-likeness (QED) is 0.889. The van der Waals surface area contributed by atoms with Crippen LogP contribution in [0, 0.1) is 19.7 Å². The third-order valence-corrected chi connectivity index (χ3v) is 6.52. The maximum absolute atomic E-state index is 13.7. The second kappa shape index (κ2) is 7.34. The van der Waals surface area contributed by atoms with Crippen LogP contribution in [-0.2, 0) is 10.0 Å². The Hall–Kier alpha value is -1.96. The molecule has 2 aromatic carbocycles. The Balaban J connectivity index is 2.10. The van der Waals surface area contributed by atoms with E-state index in [1.54, 1.807) is 18.2 Å². The maximum atomic E-state index is 13.7. The summed E-state index contributed by atoms with van der Waals surface area (Å²) in [5.41, 5.74) is 2.24. The Morgan fingerprint density at radius 2 is 2.00 bits per heavy atom. The van der Waals surface area contributed by atoms with Gasteiger partial charge in [0, 0.05) is 19.6 Å². The summed E-state index contributed by atoms with van der Waals surface area (Å²) in [7, 11) is -2.34. The summed E-state index contributed by atoms with van der Waals surface area (Å²) in [6, 6.07) is 9.13. The molecule has 3 rings (SSSR count). The molecule has 1 unspecified atom stereocenters. The molecule has 1 atom stereocenters. The first-order valence-corrected chi connectivity index (χ1v) is 9.92. The number of nitrogens with one attached hydrogen (secondary N) is 1. The maximum Gasteiger partial charge on any atom is 0.247 e. The number of methoxy groups -OCH3 is 1. The molecule has 0 spiro atoms. The third-order valence-electron chi connectivity index (χ3n) is 4.60. The van der Waals surface area contributed by atoms with Crippen LogP contribution >= 0.6 is 0 Å². The predicted molar refractivity (Wildman–Crippen MR) is 98.4 cm³/mol. The first kappa shape index (κ1) is 18.8. The molecule has 0 bridgehead atoms. The van der Waals surface area contributed by atoms with Gasteiger partial charge in [-0.1, -0.05) is 18.2 Å². The van der Waals surface area contributed by atoms with Crippen LogP contribution in [0.3, 0.4) is 0 Å². The number of benzene rings is 2. The lowest BCUT2D eigenvalue weighted by atomic mass is 10.1. The van der Waals surface area contributed by atoms with Gasteiger partial charge in [-0.25, -0.2) is 12.8 Å². The van der Waals surface area contributed by atoms with Gasteiger partial charge in [-0.15, -0.1) is 0 Å². The molecule has 1 aliphatic rings. The molecule has 5 nitrogen and oxygen atoms in total. The van der Waals surface area contributed by atoms with Crippen molar-refractivity contribution >= 4 is 10.0 Å². The zero-order chi connectivity index (χ0) is 18.9. The summed E-state index contributed by atoms with van der Waals surface area (Å²) in [5, 5.41) is 3.20. The number of piperazine rings is 1. The van der Waals surface area contributed by atoms with Gasteiger partial charge in [0.25, 0.3) is 0 Å². The Morgan fingerprint density at radius 1 is 1.23 bits per heavy atom. The van der Waals surface area contributed by atoms with Gasteiger partial charge >= 0.3 is 0 Å². The lowest BCUT2D eigenvalue weighted by Crippen LogP contribution is -2.48. The standard InChI is InChI=1S/C19H23FN2O3S/c1-13-9-14(2)19(25-3)18(10-13)26(23,24)22-8-7-21-12-17(22)15-5-4-6-16(20)11-15/h4-6,9-11,17,21H,7-8,12H2,1-3H3. The summed E-state index contributed by atoms with van der Waals surface area (Å²) in [6.45, 7) is 4.95. The van der Waals surface area contributed by atoms with Crippen LogP contribution in [0.15, 0.2) is 41.3 Å². The number of rotatable bonds is 4. The van der Waals surface area contributed by atoms with Crippen LogP contribution in [-0.4, -0.2) is 39.5 Å². The smallest absolute Gasteiger partial charge is 0.247 e. The van der Waals surface area contributed by atoms with Crippen LogP contribution in [0.4, 0.5) is 4.39 Å². The first-order chi connectivity index (χ1) is 12.3. The zero-order valence-electron chi connectivity index (χ0n) is 15.1. The highest BCUT2D eigenvalue weighted by atomic mass is 32.2. The number of ether oxygens (including phenoxy) is 1. The summed E-state index contributed by atoms with van der Waals surface area (Å²) in [4.78, 5) is 0.154. The fourth-order valence-corrected chi connectivity index (χ4v) is 5.40. The van der Waals surface area contributed by atoms with Gasteiger partial charge in [0.2, 0.25) is 10.0 Å². The average molecular weight is 378 g/mol. The highest BCUT2D eigenvalue weighted by molar-refractivity contribution is 7.89. The van der Waals surface area contributed by atoms with E-state index in [4.69, 9.17) is 4.74 Å². The van der Waals surface area contributed by atoms with E-state index in [0.29, 0.717) is 30.9 Å². The minimum Gasteiger partial charge on any atom is -0.495 e. The predicted octanol–water partition coefficient (Wildman–Crippen LogP) is 2.79.